The van der Waals surface area contributed by atoms with E-state index in [0.717, 1.165) is 33.0 Å². The number of nitrogens with zero attached hydrogens (tertiary/aromatic N) is 1. The monoisotopic (exact) mass is 585 g/mol. The lowest BCUT2D eigenvalue weighted by Gasteiger charge is -2.29. The first-order valence-electron chi connectivity index (χ1n) is 13.9. The third-order valence-electron chi connectivity index (χ3n) is 6.52. The first-order chi connectivity index (χ1) is 19.3. The van der Waals surface area contributed by atoms with Crippen molar-refractivity contribution in [3.05, 3.63) is 0 Å². The van der Waals surface area contributed by atoms with Gasteiger partial charge in [0, 0.05) is 25.0 Å². The Labute approximate surface area is 236 Å². The molecule has 4 fully saturated rings. The molecular weight excluding hydrogens is 534 g/mol. The normalized spacial score (nSPS) is 24.6. The third-order valence-corrected chi connectivity index (χ3v) is 6.52. The zero-order valence-corrected chi connectivity index (χ0v) is 23.7. The molecule has 4 rings (SSSR count). The first-order valence-corrected chi connectivity index (χ1v) is 13.9. The Hall–Kier alpha value is -0.560. The van der Waals surface area contributed by atoms with Crippen LogP contribution < -0.4 is 0 Å². The van der Waals surface area contributed by atoms with E-state index < -0.39 is 10.8 Å². The van der Waals surface area contributed by atoms with Crippen LogP contribution in [0.25, 0.3) is 0 Å². The Morgan fingerprint density at radius 1 is 0.600 bits per heavy atom. The van der Waals surface area contributed by atoms with Crippen LogP contribution >= 0.6 is 0 Å². The van der Waals surface area contributed by atoms with E-state index >= 15 is 0 Å². The number of rotatable bonds is 22. The fourth-order valence-corrected chi connectivity index (χ4v) is 3.20. The smallest absolute Gasteiger partial charge is 0.104 e. The summed E-state index contributed by atoms with van der Waals surface area (Å²) >= 11 is 0. The standard InChI is InChI=1S/C11H20O6.C8H16O4.C7H15NO3/c12-5-11(6-13,7-14-1-9-3-16-9)8-15-2-10-4-17-10;1-8(4-9,5-10)6-11-2-7-3-12-7;9-3-1-8(2-4-10)5-7-6-11-7/h9-10,12-13H,1-8H2;7,9-10H,2-6H2,1H3;7,9-10H,1-6H2. The summed E-state index contributed by atoms with van der Waals surface area (Å²) in [5.41, 5.74) is -1.25. The zero-order valence-electron chi connectivity index (χ0n) is 23.7. The molecule has 238 valence electrons. The minimum Gasteiger partial charge on any atom is -0.396 e. The van der Waals surface area contributed by atoms with Gasteiger partial charge in [0.25, 0.3) is 0 Å². The van der Waals surface area contributed by atoms with E-state index in [1.807, 2.05) is 4.90 Å². The molecular formula is C26H51NO13. The number of ether oxygens (including phenoxy) is 7. The van der Waals surface area contributed by atoms with Crippen molar-refractivity contribution in [2.24, 2.45) is 10.8 Å². The highest BCUT2D eigenvalue weighted by Crippen LogP contribution is 2.20. The van der Waals surface area contributed by atoms with Crippen molar-refractivity contribution in [1.82, 2.24) is 4.90 Å². The van der Waals surface area contributed by atoms with E-state index in [0.29, 0.717) is 45.6 Å². The molecule has 0 amide bonds. The minimum atomic E-state index is -0.732. The summed E-state index contributed by atoms with van der Waals surface area (Å²) in [5.74, 6) is 0. The number of hydrogen-bond donors (Lipinski definition) is 6. The Balaban J connectivity index is 0.000000217. The second-order valence-corrected chi connectivity index (χ2v) is 11.1. The summed E-state index contributed by atoms with van der Waals surface area (Å²) in [7, 11) is 0. The average molecular weight is 586 g/mol. The zero-order chi connectivity index (χ0) is 29.3. The molecule has 14 heteroatoms. The van der Waals surface area contributed by atoms with Crippen molar-refractivity contribution in [1.29, 1.82) is 0 Å². The van der Waals surface area contributed by atoms with Gasteiger partial charge in [0.2, 0.25) is 0 Å². The van der Waals surface area contributed by atoms with Gasteiger partial charge in [-0.2, -0.15) is 0 Å². The van der Waals surface area contributed by atoms with E-state index in [2.05, 4.69) is 0 Å². The number of aliphatic hydroxyl groups is 6. The predicted octanol–water partition coefficient (Wildman–Crippen LogP) is -3.15. The molecule has 4 atom stereocenters. The Bertz CT molecular complexity index is 596. The van der Waals surface area contributed by atoms with Crippen molar-refractivity contribution in [3.8, 4) is 0 Å². The van der Waals surface area contributed by atoms with Gasteiger partial charge in [-0.25, -0.2) is 0 Å². The van der Waals surface area contributed by atoms with Gasteiger partial charge in [-0.3, -0.25) is 4.90 Å². The van der Waals surface area contributed by atoms with Crippen molar-refractivity contribution in [2.75, 3.05) is 125 Å². The molecule has 4 aliphatic rings. The Kier molecular flexibility index (Phi) is 17.5. The van der Waals surface area contributed by atoms with Crippen molar-refractivity contribution >= 4 is 0 Å². The molecule has 0 saturated carbocycles. The van der Waals surface area contributed by atoms with Crippen LogP contribution in [0.5, 0.6) is 0 Å². The van der Waals surface area contributed by atoms with Crippen LogP contribution in [-0.2, 0) is 33.2 Å². The molecule has 4 aliphatic heterocycles. The minimum absolute atomic E-state index is 0.0605. The summed E-state index contributed by atoms with van der Waals surface area (Å²) < 4.78 is 36.1. The van der Waals surface area contributed by atoms with Crippen LogP contribution in [-0.4, -0.2) is 185 Å². The molecule has 4 unspecified atom stereocenters. The summed E-state index contributed by atoms with van der Waals surface area (Å²) in [6.07, 6.45) is 0.955. The topological polar surface area (TPSA) is 202 Å². The molecule has 0 spiro atoms. The van der Waals surface area contributed by atoms with Gasteiger partial charge in [0.1, 0.15) is 18.3 Å². The maximum Gasteiger partial charge on any atom is 0.104 e. The van der Waals surface area contributed by atoms with Gasteiger partial charge in [-0.1, -0.05) is 6.92 Å². The molecule has 0 aromatic heterocycles. The number of epoxide rings is 4. The number of aliphatic hydroxyl groups excluding tert-OH is 6. The van der Waals surface area contributed by atoms with E-state index in [9.17, 15) is 10.2 Å². The second-order valence-electron chi connectivity index (χ2n) is 11.1. The molecule has 14 nitrogen and oxygen atoms in total. The molecule has 0 radical (unpaired) electrons. The van der Waals surface area contributed by atoms with Crippen LogP contribution in [0, 0.1) is 10.8 Å². The predicted molar refractivity (Wildman–Crippen MR) is 141 cm³/mol. The summed E-state index contributed by atoms with van der Waals surface area (Å²) in [6, 6.07) is 0. The van der Waals surface area contributed by atoms with Gasteiger partial charge >= 0.3 is 0 Å². The van der Waals surface area contributed by atoms with Gasteiger partial charge in [-0.05, 0) is 0 Å². The largest absolute Gasteiger partial charge is 0.396 e. The van der Waals surface area contributed by atoms with E-state index in [4.69, 9.17) is 53.6 Å². The SMILES string of the molecule is CC(CO)(CO)COCC1CO1.OCC(CO)(COCC1CO1)COCC1CO1.OCCN(CCO)CC1CO1. The second kappa shape index (κ2) is 19.6. The van der Waals surface area contributed by atoms with Crippen LogP contribution in [0.2, 0.25) is 0 Å². The lowest BCUT2D eigenvalue weighted by atomic mass is 9.92. The Morgan fingerprint density at radius 3 is 1.27 bits per heavy atom. The molecule has 0 bridgehead atoms. The molecule has 4 saturated heterocycles. The lowest BCUT2D eigenvalue weighted by molar-refractivity contribution is -0.0800. The molecule has 6 N–H and O–H groups in total. The highest BCUT2D eigenvalue weighted by atomic mass is 16.6. The molecule has 0 aliphatic carbocycles. The molecule has 40 heavy (non-hydrogen) atoms. The lowest BCUT2D eigenvalue weighted by Crippen LogP contribution is -2.40. The quantitative estimate of drug-likeness (QED) is 0.0695. The van der Waals surface area contributed by atoms with E-state index in [1.165, 1.54) is 0 Å². The third kappa shape index (κ3) is 16.8. The van der Waals surface area contributed by atoms with Crippen LogP contribution in [0.3, 0.4) is 0 Å². The van der Waals surface area contributed by atoms with E-state index in [-0.39, 0.29) is 71.2 Å². The maximum absolute atomic E-state index is 9.36. The fourth-order valence-electron chi connectivity index (χ4n) is 3.20. The van der Waals surface area contributed by atoms with Crippen molar-refractivity contribution in [3.63, 3.8) is 0 Å². The highest BCUT2D eigenvalue weighted by molar-refractivity contribution is 4.79. The van der Waals surface area contributed by atoms with Crippen molar-refractivity contribution < 1.29 is 63.8 Å². The summed E-state index contributed by atoms with van der Waals surface area (Å²) in [5, 5.41) is 53.8. The van der Waals surface area contributed by atoms with Gasteiger partial charge in [0.05, 0.1) is 117 Å². The van der Waals surface area contributed by atoms with Gasteiger partial charge < -0.3 is 63.8 Å². The maximum atomic E-state index is 9.36. The summed E-state index contributed by atoms with van der Waals surface area (Å²) in [4.78, 5) is 2.00. The highest BCUT2D eigenvalue weighted by Gasteiger charge is 2.33. The molecule has 0 aromatic carbocycles. The molecule has 4 heterocycles. The fraction of sp³-hybridized carbons (Fsp3) is 1.00. The van der Waals surface area contributed by atoms with Gasteiger partial charge in [-0.15, -0.1) is 0 Å². The Morgan fingerprint density at radius 2 is 0.975 bits per heavy atom. The molecule has 0 aromatic rings. The van der Waals surface area contributed by atoms with Gasteiger partial charge in [0.15, 0.2) is 0 Å². The average Bonchev–Trinajstić information content (AvgIpc) is 3.79. The van der Waals surface area contributed by atoms with Crippen molar-refractivity contribution in [2.45, 2.75) is 31.3 Å². The van der Waals surface area contributed by atoms with E-state index in [1.54, 1.807) is 6.92 Å². The summed E-state index contributed by atoms with van der Waals surface area (Å²) in [6.45, 7) is 9.27. The van der Waals surface area contributed by atoms with Crippen LogP contribution in [0.4, 0.5) is 0 Å². The first kappa shape index (κ1) is 35.6. The van der Waals surface area contributed by atoms with Crippen LogP contribution in [0.15, 0.2) is 0 Å². The van der Waals surface area contributed by atoms with Crippen LogP contribution in [0.1, 0.15) is 6.92 Å². The number of hydrogen-bond acceptors (Lipinski definition) is 14.